The van der Waals surface area contributed by atoms with Crippen LogP contribution in [0, 0.1) is 11.3 Å². The first-order chi connectivity index (χ1) is 15.2. The number of carbonyl (C=O) groups excluding carboxylic acids is 2. The lowest BCUT2D eigenvalue weighted by molar-refractivity contribution is -0.147. The van der Waals surface area contributed by atoms with Crippen LogP contribution in [0.4, 0.5) is 18.0 Å². The Bertz CT molecular complexity index is 885. The number of alkyl halides is 3. The smallest absolute Gasteiger partial charge is 0.417 e. The number of aromatic nitrogens is 1. The van der Waals surface area contributed by atoms with E-state index in [1.54, 1.807) is 9.80 Å². The topological polar surface area (TPSA) is 62.7 Å². The fraction of sp³-hybridized carbons (Fsp3) is 0.708. The summed E-state index contributed by atoms with van der Waals surface area (Å²) in [6, 6.07) is 1.11. The van der Waals surface area contributed by atoms with Crippen LogP contribution in [-0.2, 0) is 28.7 Å². The number of halogens is 3. The Kier molecular flexibility index (Phi) is 7.01. The van der Waals surface area contributed by atoms with Crippen LogP contribution in [0.1, 0.15) is 70.7 Å². The molecule has 1 saturated heterocycles. The van der Waals surface area contributed by atoms with Crippen molar-refractivity contribution in [2.24, 2.45) is 11.3 Å². The van der Waals surface area contributed by atoms with Gasteiger partial charge in [-0.2, -0.15) is 13.2 Å². The first kappa shape index (κ1) is 25.3. The summed E-state index contributed by atoms with van der Waals surface area (Å²) >= 11 is 0. The van der Waals surface area contributed by atoms with Gasteiger partial charge in [-0.3, -0.25) is 9.78 Å². The van der Waals surface area contributed by atoms with E-state index in [9.17, 15) is 22.8 Å². The van der Waals surface area contributed by atoms with Crippen molar-refractivity contribution in [1.82, 2.24) is 14.8 Å². The van der Waals surface area contributed by atoms with E-state index < -0.39 is 22.8 Å². The molecule has 0 saturated carbocycles. The quantitative estimate of drug-likeness (QED) is 0.622. The summed E-state index contributed by atoms with van der Waals surface area (Å²) < 4.78 is 44.9. The van der Waals surface area contributed by atoms with Gasteiger partial charge in [0.2, 0.25) is 5.91 Å². The maximum atomic E-state index is 13.8. The number of carbonyl (C=O) groups is 2. The van der Waals surface area contributed by atoms with Crippen molar-refractivity contribution in [3.8, 4) is 0 Å². The maximum Gasteiger partial charge on any atom is 0.417 e. The number of fused-ring (bicyclic) bond motifs is 1. The molecule has 3 rings (SSSR count). The normalized spacial score (nSPS) is 18.8. The van der Waals surface area contributed by atoms with Crippen molar-refractivity contribution < 1.29 is 27.5 Å². The van der Waals surface area contributed by atoms with E-state index in [1.165, 1.54) is 0 Å². The van der Waals surface area contributed by atoms with E-state index in [2.05, 4.69) is 18.8 Å². The highest BCUT2D eigenvalue weighted by molar-refractivity contribution is 5.83. The third kappa shape index (κ3) is 5.98. The van der Waals surface area contributed by atoms with Gasteiger partial charge in [0.25, 0.3) is 0 Å². The molecule has 0 spiro atoms. The van der Waals surface area contributed by atoms with E-state index in [0.29, 0.717) is 56.6 Å². The van der Waals surface area contributed by atoms with Crippen LogP contribution in [0.15, 0.2) is 12.3 Å². The molecule has 1 aromatic rings. The summed E-state index contributed by atoms with van der Waals surface area (Å²) in [7, 11) is 0. The van der Waals surface area contributed by atoms with Gasteiger partial charge < -0.3 is 14.5 Å². The van der Waals surface area contributed by atoms with E-state index in [-0.39, 0.29) is 24.5 Å². The van der Waals surface area contributed by atoms with Gasteiger partial charge in [0.15, 0.2) is 0 Å². The number of rotatable bonds is 3. The van der Waals surface area contributed by atoms with Gasteiger partial charge in [-0.25, -0.2) is 4.79 Å². The number of hydrogen-bond acceptors (Lipinski definition) is 4. The third-order valence-corrected chi connectivity index (χ3v) is 6.28. The first-order valence-electron chi connectivity index (χ1n) is 11.5. The number of piperidine rings is 1. The summed E-state index contributed by atoms with van der Waals surface area (Å²) in [5, 5.41) is 0. The van der Waals surface area contributed by atoms with Crippen molar-refractivity contribution in [3.05, 3.63) is 29.1 Å². The standard InChI is InChI=1S/C24H34F3N3O3/c1-16(2)13-23(7-10-29(11-8-23)21(32)33-22(3,4)5)20(31)30-9-6-19-17(15-30)12-18(14-28-19)24(25,26)27/h12,14,16H,6-11,13,15H2,1-5H3. The Morgan fingerprint density at radius 3 is 2.30 bits per heavy atom. The molecule has 2 amide bonds. The largest absolute Gasteiger partial charge is 0.444 e. The number of amides is 2. The van der Waals surface area contributed by atoms with Gasteiger partial charge >= 0.3 is 12.3 Å². The van der Waals surface area contributed by atoms with Crippen molar-refractivity contribution in [2.75, 3.05) is 19.6 Å². The third-order valence-electron chi connectivity index (χ3n) is 6.28. The molecular formula is C24H34F3N3O3. The second kappa shape index (κ2) is 9.14. The summed E-state index contributed by atoms with van der Waals surface area (Å²) in [5.41, 5.74) is -0.957. The Balaban J connectivity index is 1.76. The second-order valence-corrected chi connectivity index (χ2v) is 10.6. The monoisotopic (exact) mass is 469 g/mol. The van der Waals surface area contributed by atoms with Crippen LogP contribution in [0.25, 0.3) is 0 Å². The van der Waals surface area contributed by atoms with Crippen molar-refractivity contribution in [2.45, 2.75) is 78.6 Å². The summed E-state index contributed by atoms with van der Waals surface area (Å²) in [6.45, 7) is 10.9. The number of likely N-dealkylation sites (tertiary alicyclic amines) is 1. The molecule has 0 N–H and O–H groups in total. The SMILES string of the molecule is CC(C)CC1(C(=O)N2CCc3ncc(C(F)(F)F)cc3C2)CCN(C(=O)OC(C)(C)C)CC1. The van der Waals surface area contributed by atoms with E-state index in [0.717, 1.165) is 12.3 Å². The predicted molar refractivity (Wildman–Crippen MR) is 117 cm³/mol. The molecule has 0 aromatic carbocycles. The van der Waals surface area contributed by atoms with Gasteiger partial charge in [-0.05, 0) is 57.6 Å². The van der Waals surface area contributed by atoms with Gasteiger partial charge in [-0.15, -0.1) is 0 Å². The molecule has 0 unspecified atom stereocenters. The minimum Gasteiger partial charge on any atom is -0.444 e. The van der Waals surface area contributed by atoms with Gasteiger partial charge in [0, 0.05) is 44.5 Å². The molecule has 0 aliphatic carbocycles. The summed E-state index contributed by atoms with van der Waals surface area (Å²) in [5.74, 6) is 0.223. The Morgan fingerprint density at radius 2 is 1.76 bits per heavy atom. The zero-order chi connectivity index (χ0) is 24.6. The van der Waals surface area contributed by atoms with E-state index in [1.807, 2.05) is 20.8 Å². The molecule has 0 radical (unpaired) electrons. The predicted octanol–water partition coefficient (Wildman–Crippen LogP) is 5.05. The zero-order valence-electron chi connectivity index (χ0n) is 20.1. The lowest BCUT2D eigenvalue weighted by atomic mass is 9.71. The lowest BCUT2D eigenvalue weighted by Crippen LogP contribution is -2.53. The molecule has 1 aromatic heterocycles. The second-order valence-electron chi connectivity index (χ2n) is 10.6. The minimum absolute atomic E-state index is 0.0388. The lowest BCUT2D eigenvalue weighted by Gasteiger charge is -2.45. The van der Waals surface area contributed by atoms with Crippen LogP contribution in [-0.4, -0.2) is 52.0 Å². The highest BCUT2D eigenvalue weighted by Gasteiger charge is 2.46. The Labute approximate surface area is 193 Å². The number of ether oxygens (including phenoxy) is 1. The summed E-state index contributed by atoms with van der Waals surface area (Å²) in [6.07, 6.45) is -1.88. The molecule has 2 aliphatic heterocycles. The summed E-state index contributed by atoms with van der Waals surface area (Å²) in [4.78, 5) is 33.6. The van der Waals surface area contributed by atoms with E-state index >= 15 is 0 Å². The van der Waals surface area contributed by atoms with Crippen molar-refractivity contribution in [3.63, 3.8) is 0 Å². The van der Waals surface area contributed by atoms with Gasteiger partial charge in [-0.1, -0.05) is 13.8 Å². The maximum absolute atomic E-state index is 13.8. The molecule has 33 heavy (non-hydrogen) atoms. The van der Waals surface area contributed by atoms with Crippen LogP contribution >= 0.6 is 0 Å². The molecule has 9 heteroatoms. The Hall–Kier alpha value is -2.32. The Morgan fingerprint density at radius 1 is 1.12 bits per heavy atom. The van der Waals surface area contributed by atoms with Crippen molar-refractivity contribution in [1.29, 1.82) is 0 Å². The molecule has 184 valence electrons. The number of nitrogens with zero attached hydrogens (tertiary/aromatic N) is 3. The molecule has 1 fully saturated rings. The number of pyridine rings is 1. The first-order valence-corrected chi connectivity index (χ1v) is 11.5. The highest BCUT2D eigenvalue weighted by Crippen LogP contribution is 2.41. The number of hydrogen-bond donors (Lipinski definition) is 0. The fourth-order valence-corrected chi connectivity index (χ4v) is 4.82. The van der Waals surface area contributed by atoms with Crippen LogP contribution < -0.4 is 0 Å². The average molecular weight is 470 g/mol. The minimum atomic E-state index is -4.47. The van der Waals surface area contributed by atoms with Crippen LogP contribution in [0.3, 0.4) is 0 Å². The molecule has 3 heterocycles. The zero-order valence-corrected chi connectivity index (χ0v) is 20.1. The average Bonchev–Trinajstić information content (AvgIpc) is 2.70. The van der Waals surface area contributed by atoms with Gasteiger partial charge in [0.1, 0.15) is 5.60 Å². The van der Waals surface area contributed by atoms with E-state index in [4.69, 9.17) is 4.74 Å². The fourth-order valence-electron chi connectivity index (χ4n) is 4.82. The molecule has 0 bridgehead atoms. The van der Waals surface area contributed by atoms with Crippen molar-refractivity contribution >= 4 is 12.0 Å². The van der Waals surface area contributed by atoms with Crippen LogP contribution in [0.2, 0.25) is 0 Å². The molecule has 6 nitrogen and oxygen atoms in total. The molecule has 2 aliphatic rings. The molecular weight excluding hydrogens is 435 g/mol. The molecule has 0 atom stereocenters. The van der Waals surface area contributed by atoms with Gasteiger partial charge in [0.05, 0.1) is 11.0 Å². The highest BCUT2D eigenvalue weighted by atomic mass is 19.4. The van der Waals surface area contributed by atoms with Crippen LogP contribution in [0.5, 0.6) is 0 Å².